The highest BCUT2D eigenvalue weighted by molar-refractivity contribution is 7.07. The molecule has 1 atom stereocenters. The Morgan fingerprint density at radius 2 is 1.80 bits per heavy atom. The Bertz CT molecular complexity index is 1300. The SMILES string of the molecule is COC(=O)C1=C(C)N=c2s/c(=C\c3ccccc3)c(=O)n2C1c1ccc(OC)cc1. The van der Waals surface area contributed by atoms with E-state index in [1.807, 2.05) is 48.5 Å². The van der Waals surface area contributed by atoms with E-state index in [1.165, 1.54) is 18.4 Å². The number of thiazole rings is 1. The standard InChI is InChI=1S/C23H20N2O4S/c1-14-19(22(27)29-3)20(16-9-11-17(28-2)12-10-16)25-21(26)18(30-23(25)24-14)13-15-7-5-4-6-8-15/h4-13,20H,1-3H3/b18-13-. The maximum Gasteiger partial charge on any atom is 0.338 e. The molecule has 0 saturated carbocycles. The number of rotatable bonds is 4. The summed E-state index contributed by atoms with van der Waals surface area (Å²) in [6.07, 6.45) is 1.84. The van der Waals surface area contributed by atoms with Crippen LogP contribution in [-0.4, -0.2) is 24.8 Å². The van der Waals surface area contributed by atoms with Crippen LogP contribution >= 0.6 is 11.3 Å². The fourth-order valence-corrected chi connectivity index (χ4v) is 4.54. The zero-order chi connectivity index (χ0) is 21.3. The van der Waals surface area contributed by atoms with E-state index < -0.39 is 12.0 Å². The summed E-state index contributed by atoms with van der Waals surface area (Å²) in [5.41, 5.74) is 2.39. The van der Waals surface area contributed by atoms with Crippen molar-refractivity contribution < 1.29 is 14.3 Å². The topological polar surface area (TPSA) is 69.9 Å². The lowest BCUT2D eigenvalue weighted by Crippen LogP contribution is -2.39. The van der Waals surface area contributed by atoms with Crippen molar-refractivity contribution in [2.24, 2.45) is 4.99 Å². The van der Waals surface area contributed by atoms with Crippen molar-refractivity contribution >= 4 is 23.4 Å². The number of ether oxygens (including phenoxy) is 2. The highest BCUT2D eigenvalue weighted by atomic mass is 32.1. The molecule has 0 amide bonds. The Morgan fingerprint density at radius 3 is 2.43 bits per heavy atom. The number of methoxy groups -OCH3 is 2. The van der Waals surface area contributed by atoms with E-state index >= 15 is 0 Å². The van der Waals surface area contributed by atoms with Gasteiger partial charge in [0.2, 0.25) is 0 Å². The minimum atomic E-state index is -0.627. The normalized spacial score (nSPS) is 16.1. The van der Waals surface area contributed by atoms with Gasteiger partial charge in [-0.15, -0.1) is 0 Å². The molecule has 0 radical (unpaired) electrons. The van der Waals surface area contributed by atoms with Gasteiger partial charge in [0, 0.05) is 0 Å². The molecular weight excluding hydrogens is 400 g/mol. The molecule has 0 saturated heterocycles. The third-order valence-electron chi connectivity index (χ3n) is 4.96. The maximum absolute atomic E-state index is 13.4. The van der Waals surface area contributed by atoms with Gasteiger partial charge in [-0.3, -0.25) is 9.36 Å². The van der Waals surface area contributed by atoms with Crippen LogP contribution in [0.5, 0.6) is 5.75 Å². The Labute approximate surface area is 177 Å². The molecule has 30 heavy (non-hydrogen) atoms. The van der Waals surface area contributed by atoms with Crippen molar-refractivity contribution in [2.75, 3.05) is 14.2 Å². The Kier molecular flexibility index (Phi) is 5.37. The predicted octanol–water partition coefficient (Wildman–Crippen LogP) is 2.42. The molecule has 4 rings (SSSR count). The largest absolute Gasteiger partial charge is 0.497 e. The van der Waals surface area contributed by atoms with E-state index in [-0.39, 0.29) is 5.56 Å². The van der Waals surface area contributed by atoms with Crippen LogP contribution in [-0.2, 0) is 9.53 Å². The van der Waals surface area contributed by atoms with E-state index in [4.69, 9.17) is 9.47 Å². The third kappa shape index (κ3) is 3.48. The van der Waals surface area contributed by atoms with Crippen LogP contribution in [0.2, 0.25) is 0 Å². The number of fused-ring (bicyclic) bond motifs is 1. The van der Waals surface area contributed by atoms with Gasteiger partial charge in [-0.25, -0.2) is 9.79 Å². The van der Waals surface area contributed by atoms with Gasteiger partial charge in [-0.1, -0.05) is 53.8 Å². The van der Waals surface area contributed by atoms with E-state index in [0.717, 1.165) is 11.1 Å². The molecule has 3 aromatic rings. The molecule has 1 aliphatic rings. The molecule has 1 unspecified atom stereocenters. The second-order valence-electron chi connectivity index (χ2n) is 6.76. The molecule has 2 heterocycles. The summed E-state index contributed by atoms with van der Waals surface area (Å²) in [6, 6.07) is 16.3. The third-order valence-corrected chi connectivity index (χ3v) is 5.94. The summed E-state index contributed by atoms with van der Waals surface area (Å²) in [7, 11) is 2.92. The van der Waals surface area contributed by atoms with Crippen molar-refractivity contribution in [1.29, 1.82) is 0 Å². The minimum absolute atomic E-state index is 0.197. The molecule has 0 fully saturated rings. The number of carbonyl (C=O) groups excluding carboxylic acids is 1. The van der Waals surface area contributed by atoms with Crippen molar-refractivity contribution in [3.63, 3.8) is 0 Å². The van der Waals surface area contributed by atoms with Gasteiger partial charge in [0.25, 0.3) is 5.56 Å². The number of benzene rings is 2. The Morgan fingerprint density at radius 1 is 1.10 bits per heavy atom. The maximum atomic E-state index is 13.4. The fraction of sp³-hybridized carbons (Fsp3) is 0.174. The van der Waals surface area contributed by atoms with E-state index in [9.17, 15) is 9.59 Å². The van der Waals surface area contributed by atoms with Crippen molar-refractivity contribution in [3.05, 3.63) is 96.7 Å². The highest BCUT2D eigenvalue weighted by Gasteiger charge is 2.33. The molecule has 0 N–H and O–H groups in total. The van der Waals surface area contributed by atoms with Gasteiger partial charge in [0.05, 0.1) is 36.1 Å². The first-order valence-corrected chi connectivity index (χ1v) is 10.1. The summed E-state index contributed by atoms with van der Waals surface area (Å²) in [6.45, 7) is 1.76. The van der Waals surface area contributed by atoms with E-state index in [2.05, 4.69) is 4.99 Å². The molecule has 7 heteroatoms. The molecule has 6 nitrogen and oxygen atoms in total. The zero-order valence-electron chi connectivity index (χ0n) is 16.8. The van der Waals surface area contributed by atoms with Crippen LogP contribution in [0.25, 0.3) is 6.08 Å². The minimum Gasteiger partial charge on any atom is -0.497 e. The number of nitrogens with zero attached hydrogens (tertiary/aromatic N) is 2. The fourth-order valence-electron chi connectivity index (χ4n) is 3.49. The van der Waals surface area contributed by atoms with Crippen LogP contribution in [0.15, 0.2) is 75.7 Å². The predicted molar refractivity (Wildman–Crippen MR) is 115 cm³/mol. The quantitative estimate of drug-likeness (QED) is 0.608. The number of aromatic nitrogens is 1. The molecular formula is C23H20N2O4S. The molecule has 152 valence electrons. The summed E-state index contributed by atoms with van der Waals surface area (Å²) < 4.78 is 12.4. The van der Waals surface area contributed by atoms with Crippen LogP contribution < -0.4 is 19.6 Å². The average molecular weight is 420 g/mol. The molecule has 0 bridgehead atoms. The summed E-state index contributed by atoms with van der Waals surface area (Å²) in [4.78, 5) is 31.1. The number of carbonyl (C=O) groups is 1. The van der Waals surface area contributed by atoms with E-state index in [1.54, 1.807) is 30.7 Å². The van der Waals surface area contributed by atoms with Crippen LogP contribution in [0.1, 0.15) is 24.1 Å². The lowest BCUT2D eigenvalue weighted by molar-refractivity contribution is -0.136. The second-order valence-corrected chi connectivity index (χ2v) is 7.77. The van der Waals surface area contributed by atoms with Crippen LogP contribution in [0, 0.1) is 0 Å². The first kappa shape index (κ1) is 19.8. The highest BCUT2D eigenvalue weighted by Crippen LogP contribution is 2.31. The summed E-state index contributed by atoms with van der Waals surface area (Å²) in [5, 5.41) is 0. The summed E-state index contributed by atoms with van der Waals surface area (Å²) >= 11 is 1.31. The monoisotopic (exact) mass is 420 g/mol. The number of esters is 1. The molecule has 0 spiro atoms. The first-order chi connectivity index (χ1) is 14.5. The molecule has 1 aliphatic heterocycles. The van der Waals surface area contributed by atoms with E-state index in [0.29, 0.717) is 26.4 Å². The lowest BCUT2D eigenvalue weighted by atomic mass is 9.96. The van der Waals surface area contributed by atoms with Gasteiger partial charge >= 0.3 is 5.97 Å². The van der Waals surface area contributed by atoms with Crippen molar-refractivity contribution in [3.8, 4) is 5.75 Å². The second kappa shape index (κ2) is 8.12. The first-order valence-electron chi connectivity index (χ1n) is 9.33. The molecule has 2 aromatic carbocycles. The molecule has 1 aromatic heterocycles. The van der Waals surface area contributed by atoms with Gasteiger partial charge in [-0.05, 0) is 36.3 Å². The lowest BCUT2D eigenvalue weighted by Gasteiger charge is -2.24. The van der Waals surface area contributed by atoms with Gasteiger partial charge in [-0.2, -0.15) is 0 Å². The van der Waals surface area contributed by atoms with Gasteiger partial charge in [0.1, 0.15) is 5.75 Å². The average Bonchev–Trinajstić information content (AvgIpc) is 3.07. The van der Waals surface area contributed by atoms with Crippen molar-refractivity contribution in [1.82, 2.24) is 4.57 Å². The number of allylic oxidation sites excluding steroid dienone is 1. The number of hydrogen-bond donors (Lipinski definition) is 0. The Hall–Kier alpha value is -3.45. The number of hydrogen-bond acceptors (Lipinski definition) is 6. The zero-order valence-corrected chi connectivity index (χ0v) is 17.6. The van der Waals surface area contributed by atoms with Crippen LogP contribution in [0.4, 0.5) is 0 Å². The Balaban J connectivity index is 1.96. The summed E-state index contributed by atoms with van der Waals surface area (Å²) in [5.74, 6) is 0.185. The van der Waals surface area contributed by atoms with Crippen LogP contribution in [0.3, 0.4) is 0 Å². The smallest absolute Gasteiger partial charge is 0.338 e. The van der Waals surface area contributed by atoms with Gasteiger partial charge < -0.3 is 9.47 Å². The molecule has 0 aliphatic carbocycles. The van der Waals surface area contributed by atoms with Crippen molar-refractivity contribution in [2.45, 2.75) is 13.0 Å². The van der Waals surface area contributed by atoms with Gasteiger partial charge in [0.15, 0.2) is 4.80 Å².